The molecular weight excluding hydrogens is 248 g/mol. The lowest BCUT2D eigenvalue weighted by Gasteiger charge is -2.12. The van der Waals surface area contributed by atoms with Gasteiger partial charge in [0.1, 0.15) is 0 Å². The van der Waals surface area contributed by atoms with Crippen LogP contribution in [-0.2, 0) is 6.54 Å². The summed E-state index contributed by atoms with van der Waals surface area (Å²) >= 11 is 0. The van der Waals surface area contributed by atoms with Crippen molar-refractivity contribution in [2.45, 2.75) is 45.7 Å². The fraction of sp³-hybridized carbons (Fsp3) is 0.471. The molecule has 0 spiro atoms. The van der Waals surface area contributed by atoms with Gasteiger partial charge in [0.15, 0.2) is 0 Å². The lowest BCUT2D eigenvalue weighted by Crippen LogP contribution is -2.25. The zero-order valence-electron chi connectivity index (χ0n) is 12.4. The monoisotopic (exact) mass is 272 g/mol. The number of aromatic nitrogens is 1. The minimum absolute atomic E-state index is 0.128. The highest BCUT2D eigenvalue weighted by atomic mass is 16.1. The number of nitrogens with one attached hydrogen (secondary N) is 1. The standard InChI is InChI=1S/C17H24N2O/c1-3-18-14(2)8-6-7-12-19-13-11-15-9-4-5-10-16(15)17(19)20/h4-5,9-11,13-14,18H,3,6-8,12H2,1-2H3. The molecule has 1 unspecified atom stereocenters. The normalized spacial score (nSPS) is 12.7. The highest BCUT2D eigenvalue weighted by Gasteiger charge is 2.03. The first-order valence-corrected chi connectivity index (χ1v) is 7.54. The first-order valence-electron chi connectivity index (χ1n) is 7.54. The summed E-state index contributed by atoms with van der Waals surface area (Å²) in [7, 11) is 0. The van der Waals surface area contributed by atoms with Gasteiger partial charge in [-0.25, -0.2) is 0 Å². The molecule has 108 valence electrons. The maximum Gasteiger partial charge on any atom is 0.258 e. The quantitative estimate of drug-likeness (QED) is 0.786. The van der Waals surface area contributed by atoms with E-state index < -0.39 is 0 Å². The Morgan fingerprint density at radius 1 is 1.20 bits per heavy atom. The summed E-state index contributed by atoms with van der Waals surface area (Å²) in [5.41, 5.74) is 0.128. The summed E-state index contributed by atoms with van der Waals surface area (Å²) in [5.74, 6) is 0. The molecule has 1 heterocycles. The highest BCUT2D eigenvalue weighted by molar-refractivity contribution is 5.81. The van der Waals surface area contributed by atoms with Gasteiger partial charge in [-0.3, -0.25) is 4.79 Å². The number of pyridine rings is 1. The third kappa shape index (κ3) is 3.70. The molecule has 3 heteroatoms. The van der Waals surface area contributed by atoms with Crippen LogP contribution in [0.1, 0.15) is 33.1 Å². The second kappa shape index (κ2) is 7.25. The van der Waals surface area contributed by atoms with E-state index in [2.05, 4.69) is 19.2 Å². The molecule has 2 aromatic rings. The Hall–Kier alpha value is -1.61. The average Bonchev–Trinajstić information content (AvgIpc) is 2.46. The van der Waals surface area contributed by atoms with Crippen molar-refractivity contribution in [3.63, 3.8) is 0 Å². The number of benzene rings is 1. The van der Waals surface area contributed by atoms with Gasteiger partial charge in [-0.15, -0.1) is 0 Å². The minimum Gasteiger partial charge on any atom is -0.315 e. The van der Waals surface area contributed by atoms with E-state index in [0.717, 1.165) is 43.1 Å². The number of hydrogen-bond acceptors (Lipinski definition) is 2. The Morgan fingerprint density at radius 3 is 2.80 bits per heavy atom. The van der Waals surface area contributed by atoms with Crippen LogP contribution in [0.15, 0.2) is 41.3 Å². The number of rotatable bonds is 7. The summed E-state index contributed by atoms with van der Waals surface area (Å²) in [6.07, 6.45) is 5.27. The van der Waals surface area contributed by atoms with Gasteiger partial charge >= 0.3 is 0 Å². The molecule has 0 bridgehead atoms. The van der Waals surface area contributed by atoms with Gasteiger partial charge in [-0.05, 0) is 43.8 Å². The zero-order valence-corrected chi connectivity index (χ0v) is 12.4. The topological polar surface area (TPSA) is 34.0 Å². The summed E-state index contributed by atoms with van der Waals surface area (Å²) in [6, 6.07) is 10.4. The van der Waals surface area contributed by atoms with Crippen molar-refractivity contribution in [2.75, 3.05) is 6.54 Å². The van der Waals surface area contributed by atoms with E-state index in [0.29, 0.717) is 6.04 Å². The number of aryl methyl sites for hydroxylation is 1. The highest BCUT2D eigenvalue weighted by Crippen LogP contribution is 2.09. The molecule has 20 heavy (non-hydrogen) atoms. The van der Waals surface area contributed by atoms with E-state index in [1.165, 1.54) is 0 Å². The van der Waals surface area contributed by atoms with Crippen LogP contribution in [0.5, 0.6) is 0 Å². The van der Waals surface area contributed by atoms with Gasteiger partial charge < -0.3 is 9.88 Å². The lowest BCUT2D eigenvalue weighted by atomic mass is 10.1. The van der Waals surface area contributed by atoms with E-state index in [-0.39, 0.29) is 5.56 Å². The van der Waals surface area contributed by atoms with Crippen LogP contribution in [0.4, 0.5) is 0 Å². The van der Waals surface area contributed by atoms with Gasteiger partial charge in [0.25, 0.3) is 5.56 Å². The number of hydrogen-bond donors (Lipinski definition) is 1. The molecule has 0 aliphatic carbocycles. The Bertz CT molecular complexity index is 603. The molecule has 1 N–H and O–H groups in total. The first kappa shape index (κ1) is 14.8. The van der Waals surface area contributed by atoms with Crippen molar-refractivity contribution < 1.29 is 0 Å². The molecular formula is C17H24N2O. The summed E-state index contributed by atoms with van der Waals surface area (Å²) in [4.78, 5) is 12.3. The largest absolute Gasteiger partial charge is 0.315 e. The molecule has 0 saturated heterocycles. The fourth-order valence-corrected chi connectivity index (χ4v) is 2.59. The second-order valence-electron chi connectivity index (χ2n) is 5.36. The Labute approximate surface area is 120 Å². The Morgan fingerprint density at radius 2 is 2.00 bits per heavy atom. The third-order valence-electron chi connectivity index (χ3n) is 3.72. The van der Waals surface area contributed by atoms with Crippen LogP contribution in [0.25, 0.3) is 10.8 Å². The average molecular weight is 272 g/mol. The van der Waals surface area contributed by atoms with Crippen LogP contribution in [0, 0.1) is 0 Å². The molecule has 1 atom stereocenters. The van der Waals surface area contributed by atoms with Crippen LogP contribution in [0.2, 0.25) is 0 Å². The number of fused-ring (bicyclic) bond motifs is 1. The van der Waals surface area contributed by atoms with E-state index in [9.17, 15) is 4.79 Å². The molecule has 0 amide bonds. The smallest absolute Gasteiger partial charge is 0.258 e. The van der Waals surface area contributed by atoms with E-state index >= 15 is 0 Å². The van der Waals surface area contributed by atoms with Gasteiger partial charge in [0.2, 0.25) is 0 Å². The van der Waals surface area contributed by atoms with Crippen LogP contribution >= 0.6 is 0 Å². The van der Waals surface area contributed by atoms with Crippen molar-refractivity contribution in [2.24, 2.45) is 0 Å². The second-order valence-corrected chi connectivity index (χ2v) is 5.36. The van der Waals surface area contributed by atoms with Gasteiger partial charge in [0, 0.05) is 24.2 Å². The summed E-state index contributed by atoms with van der Waals surface area (Å²) in [5, 5.41) is 5.25. The zero-order chi connectivity index (χ0) is 14.4. The minimum atomic E-state index is 0.128. The van der Waals surface area contributed by atoms with Crippen LogP contribution in [-0.4, -0.2) is 17.2 Å². The third-order valence-corrected chi connectivity index (χ3v) is 3.72. The van der Waals surface area contributed by atoms with Gasteiger partial charge in [-0.2, -0.15) is 0 Å². The molecule has 0 saturated carbocycles. The predicted molar refractivity (Wildman–Crippen MR) is 85.2 cm³/mol. The van der Waals surface area contributed by atoms with Crippen molar-refractivity contribution >= 4 is 10.8 Å². The van der Waals surface area contributed by atoms with Crippen LogP contribution in [0.3, 0.4) is 0 Å². The number of unbranched alkanes of at least 4 members (excludes halogenated alkanes) is 1. The van der Waals surface area contributed by atoms with E-state index in [1.807, 2.05) is 41.1 Å². The Kier molecular flexibility index (Phi) is 5.36. The maximum absolute atomic E-state index is 12.3. The molecule has 1 aromatic heterocycles. The van der Waals surface area contributed by atoms with Crippen LogP contribution < -0.4 is 10.9 Å². The van der Waals surface area contributed by atoms with E-state index in [1.54, 1.807) is 0 Å². The summed E-state index contributed by atoms with van der Waals surface area (Å²) < 4.78 is 1.83. The molecule has 2 rings (SSSR count). The molecule has 3 nitrogen and oxygen atoms in total. The van der Waals surface area contributed by atoms with Crippen molar-refractivity contribution in [1.29, 1.82) is 0 Å². The fourth-order valence-electron chi connectivity index (χ4n) is 2.59. The predicted octanol–water partition coefficient (Wildman–Crippen LogP) is 3.17. The van der Waals surface area contributed by atoms with Crippen molar-refractivity contribution in [3.05, 3.63) is 46.9 Å². The SMILES string of the molecule is CCNC(C)CCCCn1ccc2ccccc2c1=O. The van der Waals surface area contributed by atoms with Gasteiger partial charge in [0.05, 0.1) is 0 Å². The maximum atomic E-state index is 12.3. The van der Waals surface area contributed by atoms with E-state index in [4.69, 9.17) is 0 Å². The molecule has 0 aliphatic heterocycles. The first-order chi connectivity index (χ1) is 9.72. The summed E-state index contributed by atoms with van der Waals surface area (Å²) in [6.45, 7) is 6.17. The molecule has 0 radical (unpaired) electrons. The van der Waals surface area contributed by atoms with Crippen molar-refractivity contribution in [1.82, 2.24) is 9.88 Å². The van der Waals surface area contributed by atoms with Gasteiger partial charge in [-0.1, -0.05) is 31.5 Å². The van der Waals surface area contributed by atoms with Crippen molar-refractivity contribution in [3.8, 4) is 0 Å². The lowest BCUT2D eigenvalue weighted by molar-refractivity contribution is 0.483. The molecule has 1 aromatic carbocycles. The number of nitrogens with zero attached hydrogens (tertiary/aromatic N) is 1. The molecule has 0 fully saturated rings. The molecule has 0 aliphatic rings. The Balaban J connectivity index is 1.94.